The smallest absolute Gasteiger partial charge is 0.267 e. The molecule has 0 atom stereocenters. The number of benzene rings is 1. The number of hydrogen-bond donors (Lipinski definition) is 0. The third-order valence-electron chi connectivity index (χ3n) is 4.07. The van der Waals surface area contributed by atoms with E-state index in [-0.39, 0.29) is 18.8 Å². The highest BCUT2D eigenvalue weighted by molar-refractivity contribution is 14.2. The molecular weight excluding hydrogens is 614 g/mol. The molecule has 0 aliphatic carbocycles. The first-order chi connectivity index (χ1) is 12.2. The second-order valence-electron chi connectivity index (χ2n) is 5.80. The van der Waals surface area contributed by atoms with Crippen LogP contribution in [0.5, 0.6) is 0 Å². The van der Waals surface area contributed by atoms with Crippen molar-refractivity contribution in [2.45, 2.75) is 32.0 Å². The maximum absolute atomic E-state index is 12.9. The lowest BCUT2D eigenvalue weighted by molar-refractivity contribution is -0.133. The molecule has 0 saturated carbocycles. The number of carbonyl (C=O) groups excluding carboxylic acids is 2. The van der Waals surface area contributed by atoms with Crippen LogP contribution in [-0.2, 0) is 11.0 Å². The fourth-order valence-corrected chi connectivity index (χ4v) is 6.33. The number of thioether (sulfide) groups is 2. The molecule has 1 saturated heterocycles. The van der Waals surface area contributed by atoms with Crippen LogP contribution in [0.3, 0.4) is 0 Å². The monoisotopic (exact) mass is 630 g/mol. The van der Waals surface area contributed by atoms with Gasteiger partial charge in [0, 0.05) is 22.9 Å². The SMILES string of the molecule is CCN1C(=O)C(=C2Sc3ccc(C(C)(I)I)cc3S2)C(=O)N(CC)C1=S. The van der Waals surface area contributed by atoms with Gasteiger partial charge in [0.15, 0.2) is 5.11 Å². The number of carbonyl (C=O) groups is 2. The third-order valence-corrected chi connectivity index (χ3v) is 8.30. The fourth-order valence-electron chi connectivity index (χ4n) is 2.68. The molecule has 3 rings (SSSR count). The van der Waals surface area contributed by atoms with Crippen LogP contribution in [0.4, 0.5) is 0 Å². The highest BCUT2D eigenvalue weighted by atomic mass is 127. The summed E-state index contributed by atoms with van der Waals surface area (Å²) >= 11 is 13.1. The van der Waals surface area contributed by atoms with E-state index < -0.39 is 0 Å². The summed E-state index contributed by atoms with van der Waals surface area (Å²) in [6.45, 7) is 6.79. The first-order valence-corrected chi connectivity index (χ1v) is 12.2. The summed E-state index contributed by atoms with van der Waals surface area (Å²) in [5, 5.41) is 0.299. The van der Waals surface area contributed by atoms with Gasteiger partial charge < -0.3 is 0 Å². The van der Waals surface area contributed by atoms with Gasteiger partial charge in [-0.05, 0) is 50.7 Å². The number of hydrogen-bond acceptors (Lipinski definition) is 5. The predicted molar refractivity (Wildman–Crippen MR) is 128 cm³/mol. The summed E-state index contributed by atoms with van der Waals surface area (Å²) < 4.78 is 0.738. The summed E-state index contributed by atoms with van der Waals surface area (Å²) in [7, 11) is 0. The van der Waals surface area contributed by atoms with Crippen molar-refractivity contribution in [2.24, 2.45) is 0 Å². The van der Waals surface area contributed by atoms with Crippen LogP contribution in [0, 0.1) is 0 Å². The first-order valence-electron chi connectivity index (χ1n) is 7.99. The van der Waals surface area contributed by atoms with Crippen molar-refractivity contribution in [3.05, 3.63) is 33.6 Å². The molecule has 4 nitrogen and oxygen atoms in total. The Morgan fingerprint density at radius 1 is 1.04 bits per heavy atom. The molecule has 0 bridgehead atoms. The third kappa shape index (κ3) is 3.70. The number of alkyl halides is 2. The zero-order chi connectivity index (χ0) is 19.2. The number of likely N-dealkylation sites (N-methyl/N-ethyl adjacent to an activating group) is 2. The average Bonchev–Trinajstić information content (AvgIpc) is 2.97. The lowest BCUT2D eigenvalue weighted by Crippen LogP contribution is -2.56. The molecule has 138 valence electrons. The van der Waals surface area contributed by atoms with Crippen molar-refractivity contribution in [1.29, 1.82) is 0 Å². The van der Waals surface area contributed by atoms with Crippen molar-refractivity contribution in [3.63, 3.8) is 0 Å². The van der Waals surface area contributed by atoms with Crippen LogP contribution >= 0.6 is 80.9 Å². The molecule has 9 heteroatoms. The lowest BCUT2D eigenvalue weighted by atomic mass is 10.2. The summed E-state index contributed by atoms with van der Waals surface area (Å²) in [5.41, 5.74) is 1.45. The van der Waals surface area contributed by atoms with Gasteiger partial charge in [0.2, 0.25) is 0 Å². The fraction of sp³-hybridized carbons (Fsp3) is 0.353. The number of nitrogens with zero attached hydrogens (tertiary/aromatic N) is 2. The molecule has 0 aromatic heterocycles. The van der Waals surface area contributed by atoms with Crippen LogP contribution < -0.4 is 0 Å². The van der Waals surface area contributed by atoms with E-state index in [2.05, 4.69) is 70.3 Å². The van der Waals surface area contributed by atoms with Gasteiger partial charge in [0.05, 0.1) is 5.67 Å². The molecule has 2 heterocycles. The van der Waals surface area contributed by atoms with E-state index in [0.717, 1.165) is 14.0 Å². The quantitative estimate of drug-likeness (QED) is 0.152. The summed E-state index contributed by atoms with van der Waals surface area (Å²) in [6.07, 6.45) is 0. The molecule has 1 aromatic rings. The molecule has 2 aliphatic rings. The van der Waals surface area contributed by atoms with Crippen molar-refractivity contribution in [2.75, 3.05) is 13.1 Å². The summed E-state index contributed by atoms with van der Waals surface area (Å²) in [6, 6.07) is 6.33. The van der Waals surface area contributed by atoms with Gasteiger partial charge in [-0.3, -0.25) is 19.4 Å². The zero-order valence-corrected chi connectivity index (χ0v) is 21.1. The van der Waals surface area contributed by atoms with Crippen molar-refractivity contribution >= 4 is 97.9 Å². The van der Waals surface area contributed by atoms with Gasteiger partial charge in [0.1, 0.15) is 5.57 Å². The molecule has 1 fully saturated rings. The minimum absolute atomic E-state index is 0.00758. The van der Waals surface area contributed by atoms with E-state index >= 15 is 0 Å². The van der Waals surface area contributed by atoms with Gasteiger partial charge in [0.25, 0.3) is 11.8 Å². The molecule has 2 aliphatic heterocycles. The minimum atomic E-state index is -0.289. The van der Waals surface area contributed by atoms with E-state index in [0.29, 0.717) is 18.2 Å². The molecule has 0 radical (unpaired) electrons. The van der Waals surface area contributed by atoms with Crippen molar-refractivity contribution in [1.82, 2.24) is 9.80 Å². The second-order valence-corrected chi connectivity index (χ2v) is 14.9. The first kappa shape index (κ1) is 20.9. The summed E-state index contributed by atoms with van der Waals surface area (Å²) in [5.74, 6) is -0.578. The van der Waals surface area contributed by atoms with Crippen LogP contribution in [0.15, 0.2) is 37.8 Å². The Labute approximate surface area is 194 Å². The second kappa shape index (κ2) is 7.88. The number of halogens is 2. The minimum Gasteiger partial charge on any atom is -0.285 e. The Morgan fingerprint density at radius 2 is 1.58 bits per heavy atom. The Hall–Kier alpha value is 0.150. The Kier molecular flexibility index (Phi) is 6.32. The van der Waals surface area contributed by atoms with Gasteiger partial charge in [-0.1, -0.05) is 74.8 Å². The van der Waals surface area contributed by atoms with Gasteiger partial charge >= 0.3 is 0 Å². The van der Waals surface area contributed by atoms with E-state index in [4.69, 9.17) is 12.2 Å². The highest BCUT2D eigenvalue weighted by Gasteiger charge is 2.41. The topological polar surface area (TPSA) is 40.6 Å². The van der Waals surface area contributed by atoms with Crippen LogP contribution in [-0.4, -0.2) is 39.8 Å². The molecule has 26 heavy (non-hydrogen) atoms. The highest BCUT2D eigenvalue weighted by Crippen LogP contribution is 2.54. The largest absolute Gasteiger partial charge is 0.285 e. The number of amides is 2. The Bertz CT molecular complexity index is 821. The maximum Gasteiger partial charge on any atom is 0.267 e. The molecule has 0 unspecified atom stereocenters. The predicted octanol–water partition coefficient (Wildman–Crippen LogP) is 5.13. The van der Waals surface area contributed by atoms with Crippen LogP contribution in [0.2, 0.25) is 0 Å². The number of rotatable bonds is 3. The van der Waals surface area contributed by atoms with Crippen LogP contribution in [0.25, 0.3) is 0 Å². The standard InChI is InChI=1S/C17H16I2N2O2S3/c1-4-20-13(22)12(14(23)21(5-2)16(20)24)15-25-10-7-6-9(17(3,18)19)8-11(10)26-15/h6-8H,4-5H2,1-3H3. The zero-order valence-electron chi connectivity index (χ0n) is 14.3. The summed E-state index contributed by atoms with van der Waals surface area (Å²) in [4.78, 5) is 31.0. The number of fused-ring (bicyclic) bond motifs is 1. The number of thiocarbonyl (C=S) groups is 1. The van der Waals surface area contributed by atoms with Crippen molar-refractivity contribution < 1.29 is 9.59 Å². The molecule has 0 N–H and O–H groups in total. The Balaban J connectivity index is 2.03. The average molecular weight is 630 g/mol. The lowest BCUT2D eigenvalue weighted by Gasteiger charge is -2.35. The van der Waals surface area contributed by atoms with E-state index in [1.54, 1.807) is 0 Å². The maximum atomic E-state index is 12.9. The Morgan fingerprint density at radius 3 is 2.08 bits per heavy atom. The van der Waals surface area contributed by atoms with Gasteiger partial charge in [-0.25, -0.2) is 0 Å². The van der Waals surface area contributed by atoms with E-state index in [1.165, 1.54) is 38.9 Å². The van der Waals surface area contributed by atoms with Crippen molar-refractivity contribution in [3.8, 4) is 0 Å². The van der Waals surface area contributed by atoms with Crippen LogP contribution in [0.1, 0.15) is 26.3 Å². The van der Waals surface area contributed by atoms with E-state index in [1.807, 2.05) is 13.8 Å². The molecule has 0 spiro atoms. The molecule has 1 aromatic carbocycles. The molecular formula is C17H16I2N2O2S3. The normalized spacial score (nSPS) is 18.1. The van der Waals surface area contributed by atoms with Gasteiger partial charge in [-0.2, -0.15) is 0 Å². The van der Waals surface area contributed by atoms with Gasteiger partial charge in [-0.15, -0.1) is 0 Å². The molecule has 2 amide bonds. The van der Waals surface area contributed by atoms with E-state index in [9.17, 15) is 9.59 Å².